The van der Waals surface area contributed by atoms with Crippen molar-refractivity contribution in [3.05, 3.63) is 30.6 Å². The highest BCUT2D eigenvalue weighted by Crippen LogP contribution is 2.46. The van der Waals surface area contributed by atoms with E-state index in [0.29, 0.717) is 41.8 Å². The van der Waals surface area contributed by atoms with Gasteiger partial charge in [-0.25, -0.2) is 0 Å². The number of nitro groups is 1. The summed E-state index contributed by atoms with van der Waals surface area (Å²) in [7, 11) is 0. The first-order chi connectivity index (χ1) is 12.2. The lowest BCUT2D eigenvalue weighted by Crippen LogP contribution is -2.26. The largest absolute Gasteiger partial charge is 0.418 e. The van der Waals surface area contributed by atoms with E-state index in [1.807, 2.05) is 13.8 Å². The Morgan fingerprint density at radius 2 is 1.65 bits per heavy atom. The van der Waals surface area contributed by atoms with Gasteiger partial charge in [-0.3, -0.25) is 14.9 Å². The van der Waals surface area contributed by atoms with Crippen LogP contribution in [0.1, 0.15) is 45.1 Å². The molecule has 1 heterocycles. The molecule has 0 aliphatic heterocycles. The van der Waals surface area contributed by atoms with Crippen molar-refractivity contribution in [1.82, 2.24) is 0 Å². The summed E-state index contributed by atoms with van der Waals surface area (Å²) in [4.78, 5) is 24.4. The highest BCUT2D eigenvalue weighted by atomic mass is 32.2. The van der Waals surface area contributed by atoms with E-state index in [1.165, 1.54) is 0 Å². The summed E-state index contributed by atoms with van der Waals surface area (Å²) in [5.74, 6) is 0. The lowest BCUT2D eigenvalue weighted by molar-refractivity contribution is -0.384. The van der Waals surface area contributed by atoms with E-state index in [4.69, 9.17) is 0 Å². The monoisotopic (exact) mass is 408 g/mol. The molecule has 0 aliphatic rings. The second kappa shape index (κ2) is 8.34. The summed E-state index contributed by atoms with van der Waals surface area (Å²) in [5, 5.41) is 11.5. The molecular formula is C16H19F3N2O3S2. The first-order valence-electron chi connectivity index (χ1n) is 8.27. The van der Waals surface area contributed by atoms with Crippen molar-refractivity contribution in [3.8, 4) is 0 Å². The van der Waals surface area contributed by atoms with Gasteiger partial charge in [0.05, 0.1) is 19.9 Å². The average molecular weight is 408 g/mol. The Morgan fingerprint density at radius 1 is 1.12 bits per heavy atom. The highest BCUT2D eigenvalue weighted by molar-refractivity contribution is 7.36. The van der Waals surface area contributed by atoms with Gasteiger partial charge >= 0.3 is 6.18 Å². The summed E-state index contributed by atoms with van der Waals surface area (Å²) in [6.07, 6.45) is -1.56. The molecule has 0 bridgehead atoms. The smallest absolute Gasteiger partial charge is 0.365 e. The van der Waals surface area contributed by atoms with Crippen LogP contribution < -0.4 is 8.96 Å². The predicted molar refractivity (Wildman–Crippen MR) is 99.7 cm³/mol. The Bertz CT molecular complexity index is 838. The number of unbranched alkanes of at least 4 members (excludes halogenated alkanes) is 2. The molecule has 0 amide bonds. The van der Waals surface area contributed by atoms with Crippen molar-refractivity contribution in [2.75, 3.05) is 18.0 Å². The minimum absolute atomic E-state index is 0.0636. The summed E-state index contributed by atoms with van der Waals surface area (Å²) in [5.41, 5.74) is -1.56. The minimum atomic E-state index is -4.76. The third-order valence-corrected chi connectivity index (χ3v) is 6.13. The molecule has 2 aromatic rings. The minimum Gasteiger partial charge on any atom is -0.365 e. The highest BCUT2D eigenvalue weighted by Gasteiger charge is 2.38. The van der Waals surface area contributed by atoms with E-state index in [0.717, 1.165) is 25.7 Å². The number of hydrogen-bond donors (Lipinski definition) is 0. The number of fused-ring (bicyclic) bond motifs is 1. The Hall–Kier alpha value is -1.68. The normalized spacial score (nSPS) is 11.9. The van der Waals surface area contributed by atoms with Crippen LogP contribution in [0.5, 0.6) is 0 Å². The molecule has 5 nitrogen and oxygen atoms in total. The number of nitro benzene ring substituents is 1. The number of alkyl halides is 3. The molecule has 10 heteroatoms. The van der Waals surface area contributed by atoms with Crippen LogP contribution in [0.2, 0.25) is 0 Å². The zero-order valence-electron chi connectivity index (χ0n) is 14.4. The molecule has 0 saturated heterocycles. The van der Waals surface area contributed by atoms with Crippen LogP contribution in [-0.2, 0) is 6.18 Å². The van der Waals surface area contributed by atoms with Crippen LogP contribution in [0.25, 0.3) is 9.40 Å². The molecule has 0 fully saturated rings. The molecule has 0 spiro atoms. The topological polar surface area (TPSA) is 63.4 Å². The maximum atomic E-state index is 13.4. The van der Waals surface area contributed by atoms with Crippen LogP contribution in [0.3, 0.4) is 0 Å². The van der Waals surface area contributed by atoms with Crippen molar-refractivity contribution in [3.63, 3.8) is 0 Å². The predicted octanol–water partition coefficient (Wildman–Crippen LogP) is 5.66. The van der Waals surface area contributed by atoms with Gasteiger partial charge in [0.15, 0.2) is 0 Å². The molecule has 26 heavy (non-hydrogen) atoms. The molecule has 1 aromatic heterocycles. The molecule has 1 aromatic carbocycles. The number of hydrogen-bond acceptors (Lipinski definition) is 6. The Morgan fingerprint density at radius 3 is 2.12 bits per heavy atom. The van der Waals surface area contributed by atoms with Crippen LogP contribution in [0.4, 0.5) is 24.5 Å². The first-order valence-corrected chi connectivity index (χ1v) is 9.91. The maximum absolute atomic E-state index is 13.4. The summed E-state index contributed by atoms with van der Waals surface area (Å²) in [6.45, 7) is 4.93. The van der Waals surface area contributed by atoms with Gasteiger partial charge in [-0.1, -0.05) is 49.4 Å². The Kier molecular flexibility index (Phi) is 6.62. The number of nitrogens with zero attached hydrogens (tertiary/aromatic N) is 2. The fourth-order valence-electron chi connectivity index (χ4n) is 2.69. The SMILES string of the molecule is CCCCN(CCCC)c1c([N+](=O)[O-])cc(C(F)(F)F)c2sc(=O)sc12. The number of benzene rings is 1. The second-order valence-corrected chi connectivity index (χ2v) is 8.08. The average Bonchev–Trinajstić information content (AvgIpc) is 2.93. The van der Waals surface area contributed by atoms with Gasteiger partial charge in [-0.2, -0.15) is 13.2 Å². The standard InChI is InChI=1S/C16H19F3N2O3S2/c1-3-5-7-20(8-6-4-2)12-11(21(23)24)9-10(16(17,18)19)13-14(12)26-15(22)25-13/h9H,3-8H2,1-2H3. The van der Waals surface area contributed by atoms with Gasteiger partial charge in [0.2, 0.25) is 0 Å². The molecule has 0 radical (unpaired) electrons. The zero-order valence-corrected chi connectivity index (χ0v) is 16.0. The van der Waals surface area contributed by atoms with Crippen molar-refractivity contribution < 1.29 is 18.1 Å². The number of halogens is 3. The Balaban J connectivity index is 2.79. The van der Waals surface area contributed by atoms with Gasteiger partial charge in [0.25, 0.3) is 9.74 Å². The van der Waals surface area contributed by atoms with E-state index in [1.54, 1.807) is 4.90 Å². The van der Waals surface area contributed by atoms with Crippen molar-refractivity contribution in [2.24, 2.45) is 0 Å². The third-order valence-electron chi connectivity index (χ3n) is 3.94. The summed E-state index contributed by atoms with van der Waals surface area (Å²) >= 11 is 1.15. The zero-order chi connectivity index (χ0) is 19.5. The van der Waals surface area contributed by atoms with Gasteiger partial charge in [-0.05, 0) is 12.8 Å². The lowest BCUT2D eigenvalue weighted by Gasteiger charge is -2.25. The molecule has 2 rings (SSSR count). The lowest BCUT2D eigenvalue weighted by atomic mass is 10.1. The molecule has 0 aliphatic carbocycles. The number of anilines is 1. The van der Waals surface area contributed by atoms with E-state index < -0.39 is 26.4 Å². The van der Waals surface area contributed by atoms with Crippen LogP contribution >= 0.6 is 22.7 Å². The van der Waals surface area contributed by atoms with Crippen molar-refractivity contribution in [2.45, 2.75) is 45.7 Å². The summed E-state index contributed by atoms with van der Waals surface area (Å²) < 4.78 is 39.5. The second-order valence-electron chi connectivity index (χ2n) is 5.85. The molecule has 0 N–H and O–H groups in total. The van der Waals surface area contributed by atoms with Gasteiger partial charge in [0.1, 0.15) is 5.69 Å². The molecule has 0 saturated carbocycles. The van der Waals surface area contributed by atoms with E-state index in [2.05, 4.69) is 0 Å². The van der Waals surface area contributed by atoms with Crippen molar-refractivity contribution >= 4 is 43.4 Å². The third kappa shape index (κ3) is 4.35. The van der Waals surface area contributed by atoms with E-state index in [-0.39, 0.29) is 15.1 Å². The van der Waals surface area contributed by atoms with Gasteiger partial charge in [-0.15, -0.1) is 0 Å². The molecular weight excluding hydrogens is 389 g/mol. The fraction of sp³-hybridized carbons (Fsp3) is 0.562. The van der Waals surface area contributed by atoms with Crippen molar-refractivity contribution in [1.29, 1.82) is 0 Å². The maximum Gasteiger partial charge on any atom is 0.418 e. The van der Waals surface area contributed by atoms with Crippen LogP contribution in [-0.4, -0.2) is 18.0 Å². The fourth-order valence-corrected chi connectivity index (χ4v) is 4.95. The Labute approximate surface area is 156 Å². The van der Waals surface area contributed by atoms with E-state index >= 15 is 0 Å². The van der Waals surface area contributed by atoms with Gasteiger partial charge in [0, 0.05) is 19.2 Å². The number of rotatable bonds is 8. The molecule has 0 unspecified atom stereocenters. The van der Waals surface area contributed by atoms with E-state index in [9.17, 15) is 28.1 Å². The first kappa shape index (κ1) is 20.6. The summed E-state index contributed by atoms with van der Waals surface area (Å²) in [6, 6.07) is 0.575. The van der Waals surface area contributed by atoms with Crippen LogP contribution in [0.15, 0.2) is 10.9 Å². The molecule has 0 atom stereocenters. The van der Waals surface area contributed by atoms with Crippen LogP contribution in [0, 0.1) is 10.1 Å². The van der Waals surface area contributed by atoms with Gasteiger partial charge < -0.3 is 4.90 Å². The quantitative estimate of drug-likeness (QED) is 0.418. The molecule has 144 valence electrons.